The summed E-state index contributed by atoms with van der Waals surface area (Å²) in [4.78, 5) is 13.0. The molecule has 242 valence electrons. The van der Waals surface area contributed by atoms with E-state index in [4.69, 9.17) is 20.5 Å². The molecule has 5 aromatic rings. The minimum atomic E-state index is -3.20. The van der Waals surface area contributed by atoms with E-state index < -0.39 is 27.6 Å². The van der Waals surface area contributed by atoms with Gasteiger partial charge in [0.1, 0.15) is 17.1 Å². The predicted octanol–water partition coefficient (Wildman–Crippen LogP) is 8.22. The molecule has 7 heteroatoms. The van der Waals surface area contributed by atoms with Crippen molar-refractivity contribution in [3.05, 3.63) is 144 Å². The molecule has 0 heterocycles. The molecule has 1 N–H and O–H groups in total. The summed E-state index contributed by atoms with van der Waals surface area (Å²) in [6, 6.07) is 42.8. The van der Waals surface area contributed by atoms with Crippen molar-refractivity contribution in [3.63, 3.8) is 0 Å². The van der Waals surface area contributed by atoms with Gasteiger partial charge in [-0.3, -0.25) is 0 Å². The van der Waals surface area contributed by atoms with Gasteiger partial charge in [-0.2, -0.15) is 0 Å². The summed E-state index contributed by atoms with van der Waals surface area (Å²) in [5.74, 6) is -0.438. The lowest BCUT2D eigenvalue weighted by Crippen LogP contribution is -2.69. The van der Waals surface area contributed by atoms with Gasteiger partial charge in [0.15, 0.2) is 0 Å². The van der Waals surface area contributed by atoms with Crippen LogP contribution in [0.25, 0.3) is 0 Å². The standard InChI is InChI=1S/C40H43ClO4Si2/c1-29-36(38(42)43)34(44-46(39(2,3)4,30-20-12-8-13-21-30)31-22-14-9-15-23-31)28-35(37(29)41)45-47(40(5,6)7,32-24-16-10-17-25-32)33-26-18-11-19-27-33/h8-28H,1-7H3,(H,42,43). The van der Waals surface area contributed by atoms with Gasteiger partial charge in [-0.05, 0) is 43.3 Å². The van der Waals surface area contributed by atoms with Crippen molar-refractivity contribution in [2.45, 2.75) is 58.5 Å². The van der Waals surface area contributed by atoms with Crippen molar-refractivity contribution in [3.8, 4) is 11.5 Å². The van der Waals surface area contributed by atoms with Crippen molar-refractivity contribution >= 4 is 55.0 Å². The lowest BCUT2D eigenvalue weighted by molar-refractivity contribution is 0.0694. The second-order valence-electron chi connectivity index (χ2n) is 14.0. The summed E-state index contributed by atoms with van der Waals surface area (Å²) >= 11 is 7.13. The Morgan fingerprint density at radius 1 is 0.574 bits per heavy atom. The lowest BCUT2D eigenvalue weighted by Gasteiger charge is -2.44. The van der Waals surface area contributed by atoms with Crippen LogP contribution in [0.2, 0.25) is 15.1 Å². The zero-order valence-electron chi connectivity index (χ0n) is 28.2. The number of aromatic carboxylic acids is 1. The van der Waals surface area contributed by atoms with Gasteiger partial charge < -0.3 is 14.0 Å². The van der Waals surface area contributed by atoms with Crippen LogP contribution in [0.1, 0.15) is 57.5 Å². The van der Waals surface area contributed by atoms with Crippen molar-refractivity contribution < 1.29 is 18.8 Å². The molecule has 0 aromatic heterocycles. The first kappa shape index (κ1) is 34.2. The molecule has 0 unspecified atom stereocenters. The van der Waals surface area contributed by atoms with Gasteiger partial charge >= 0.3 is 22.6 Å². The lowest BCUT2D eigenvalue weighted by atomic mass is 10.1. The number of benzene rings is 5. The Morgan fingerprint density at radius 3 is 1.15 bits per heavy atom. The van der Waals surface area contributed by atoms with Gasteiger partial charge in [-0.25, -0.2) is 4.79 Å². The molecule has 0 saturated heterocycles. The molecule has 0 bridgehead atoms. The Hall–Kier alpha value is -4.11. The quantitative estimate of drug-likeness (QED) is 0.160. The average Bonchev–Trinajstić information content (AvgIpc) is 3.04. The van der Waals surface area contributed by atoms with Gasteiger partial charge in [0.25, 0.3) is 0 Å². The SMILES string of the molecule is Cc1c(Cl)c(O[Si](c2ccccc2)(c2ccccc2)C(C)(C)C)cc(O[Si](c2ccccc2)(c2ccccc2)C(C)(C)C)c1C(=O)O. The van der Waals surface area contributed by atoms with Crippen molar-refractivity contribution in [2.75, 3.05) is 0 Å². The summed E-state index contributed by atoms with van der Waals surface area (Å²) in [5.41, 5.74) is 0.445. The highest BCUT2D eigenvalue weighted by Gasteiger charge is 2.54. The number of carbonyl (C=O) groups is 1. The Morgan fingerprint density at radius 2 is 0.872 bits per heavy atom. The number of rotatable bonds is 9. The highest BCUT2D eigenvalue weighted by Crippen LogP contribution is 2.45. The second kappa shape index (κ2) is 13.2. The molecule has 5 aromatic carbocycles. The van der Waals surface area contributed by atoms with Crippen LogP contribution >= 0.6 is 11.6 Å². The van der Waals surface area contributed by atoms with Crippen LogP contribution in [0.4, 0.5) is 0 Å². The van der Waals surface area contributed by atoms with Gasteiger partial charge in [0.05, 0.1) is 5.02 Å². The normalized spacial score (nSPS) is 12.4. The van der Waals surface area contributed by atoms with Gasteiger partial charge in [0.2, 0.25) is 0 Å². The first-order valence-electron chi connectivity index (χ1n) is 15.9. The van der Waals surface area contributed by atoms with Crippen LogP contribution in [0, 0.1) is 6.92 Å². The fraction of sp³-hybridized carbons (Fsp3) is 0.225. The minimum Gasteiger partial charge on any atom is -0.533 e. The van der Waals surface area contributed by atoms with E-state index in [0.29, 0.717) is 11.3 Å². The molecule has 0 aliphatic carbocycles. The summed E-state index contributed by atoms with van der Waals surface area (Å²) in [7, 11) is -6.32. The first-order valence-corrected chi connectivity index (χ1v) is 20.1. The van der Waals surface area contributed by atoms with Crippen LogP contribution in [-0.2, 0) is 0 Å². The maximum Gasteiger partial charge on any atom is 0.339 e. The summed E-state index contributed by atoms with van der Waals surface area (Å²) < 4.78 is 14.7. The van der Waals surface area contributed by atoms with Crippen LogP contribution in [0.5, 0.6) is 11.5 Å². The van der Waals surface area contributed by atoms with Crippen LogP contribution in [-0.4, -0.2) is 27.7 Å². The van der Waals surface area contributed by atoms with E-state index in [1.54, 1.807) is 13.0 Å². The third-order valence-electron chi connectivity index (χ3n) is 9.00. The highest BCUT2D eigenvalue weighted by atomic mass is 35.5. The van der Waals surface area contributed by atoms with Crippen LogP contribution < -0.4 is 29.6 Å². The molecule has 0 amide bonds. The van der Waals surface area contributed by atoms with Crippen molar-refractivity contribution in [2.24, 2.45) is 0 Å². The zero-order chi connectivity index (χ0) is 34.0. The monoisotopic (exact) mass is 678 g/mol. The third kappa shape index (κ3) is 6.18. The molecule has 0 atom stereocenters. The van der Waals surface area contributed by atoms with E-state index in [0.717, 1.165) is 20.7 Å². The van der Waals surface area contributed by atoms with E-state index in [9.17, 15) is 9.90 Å². The van der Waals surface area contributed by atoms with Gasteiger partial charge in [-0.1, -0.05) is 174 Å². The maximum atomic E-state index is 13.0. The average molecular weight is 679 g/mol. The Kier molecular flexibility index (Phi) is 9.60. The number of hydrogen-bond acceptors (Lipinski definition) is 3. The molecule has 0 saturated carbocycles. The molecular weight excluding hydrogens is 636 g/mol. The topological polar surface area (TPSA) is 55.8 Å². The largest absolute Gasteiger partial charge is 0.533 e. The predicted molar refractivity (Wildman–Crippen MR) is 200 cm³/mol. The Labute approximate surface area is 286 Å². The zero-order valence-corrected chi connectivity index (χ0v) is 30.9. The van der Waals surface area contributed by atoms with Gasteiger partial charge in [-0.15, -0.1) is 0 Å². The Bertz CT molecular complexity index is 1750. The molecule has 0 radical (unpaired) electrons. The Balaban J connectivity index is 1.82. The first-order chi connectivity index (χ1) is 22.2. The fourth-order valence-corrected chi connectivity index (χ4v) is 15.9. The van der Waals surface area contributed by atoms with E-state index in [1.807, 2.05) is 72.8 Å². The molecule has 47 heavy (non-hydrogen) atoms. The molecule has 0 spiro atoms. The van der Waals surface area contributed by atoms with E-state index in [2.05, 4.69) is 90.1 Å². The van der Waals surface area contributed by atoms with E-state index in [-0.39, 0.29) is 21.4 Å². The van der Waals surface area contributed by atoms with Crippen molar-refractivity contribution in [1.29, 1.82) is 0 Å². The molecule has 0 aliphatic rings. The van der Waals surface area contributed by atoms with E-state index >= 15 is 0 Å². The maximum absolute atomic E-state index is 13.0. The molecular formula is C40H43ClO4Si2. The number of carboxylic acids is 1. The van der Waals surface area contributed by atoms with E-state index in [1.165, 1.54) is 0 Å². The summed E-state index contributed by atoms with van der Waals surface area (Å²) in [6.07, 6.45) is 0. The minimum absolute atomic E-state index is 0.0396. The van der Waals surface area contributed by atoms with Crippen LogP contribution in [0.15, 0.2) is 127 Å². The smallest absolute Gasteiger partial charge is 0.339 e. The van der Waals surface area contributed by atoms with Crippen molar-refractivity contribution in [1.82, 2.24) is 0 Å². The number of carboxylic acid groups (broad SMARTS) is 1. The van der Waals surface area contributed by atoms with Crippen LogP contribution in [0.3, 0.4) is 0 Å². The highest BCUT2D eigenvalue weighted by molar-refractivity contribution is 7.00. The molecule has 0 aliphatic heterocycles. The third-order valence-corrected chi connectivity index (χ3v) is 19.3. The number of halogens is 1. The molecule has 5 rings (SSSR count). The second-order valence-corrected chi connectivity index (χ2v) is 22.8. The fourth-order valence-electron chi connectivity index (χ4n) is 6.78. The molecule has 0 fully saturated rings. The summed E-state index contributed by atoms with van der Waals surface area (Å²) in [5, 5.41) is 14.5. The number of hydrogen-bond donors (Lipinski definition) is 1. The summed E-state index contributed by atoms with van der Waals surface area (Å²) in [6.45, 7) is 14.8. The molecule has 4 nitrogen and oxygen atoms in total. The van der Waals surface area contributed by atoms with Gasteiger partial charge in [0, 0.05) is 6.07 Å².